The van der Waals surface area contributed by atoms with Gasteiger partial charge in [0.2, 0.25) is 10.0 Å². The van der Waals surface area contributed by atoms with Crippen molar-refractivity contribution in [1.29, 1.82) is 0 Å². The summed E-state index contributed by atoms with van der Waals surface area (Å²) in [4.78, 5) is 14.1. The first-order valence-electron chi connectivity index (χ1n) is 8.46. The van der Waals surface area contributed by atoms with E-state index in [2.05, 4.69) is 4.72 Å². The molecule has 0 unspecified atom stereocenters. The first kappa shape index (κ1) is 16.5. The molecule has 0 spiro atoms. The fraction of sp³-hybridized carbons (Fsp3) is 0.389. The molecular formula is C18H21N3O3S. The Morgan fingerprint density at radius 3 is 2.60 bits per heavy atom. The molecule has 25 heavy (non-hydrogen) atoms. The average molecular weight is 359 g/mol. The third-order valence-electron chi connectivity index (χ3n) is 5.47. The van der Waals surface area contributed by atoms with Gasteiger partial charge in [0.1, 0.15) is 0 Å². The summed E-state index contributed by atoms with van der Waals surface area (Å²) in [5, 5.41) is 1.27. The quantitative estimate of drug-likeness (QED) is 0.873. The smallest absolute Gasteiger partial charge is 0.258 e. The van der Waals surface area contributed by atoms with Crippen LogP contribution in [0.2, 0.25) is 0 Å². The van der Waals surface area contributed by atoms with E-state index in [4.69, 9.17) is 5.73 Å². The van der Waals surface area contributed by atoms with Crippen LogP contribution in [0, 0.1) is 0 Å². The Labute approximate surface area is 147 Å². The molecule has 0 radical (unpaired) electrons. The second-order valence-electron chi connectivity index (χ2n) is 6.97. The molecule has 7 heteroatoms. The van der Waals surface area contributed by atoms with Crippen LogP contribution in [0.3, 0.4) is 0 Å². The van der Waals surface area contributed by atoms with Gasteiger partial charge in [-0.05, 0) is 31.0 Å². The molecule has 1 saturated carbocycles. The zero-order valence-electron chi connectivity index (χ0n) is 14.1. The van der Waals surface area contributed by atoms with Gasteiger partial charge in [-0.15, -0.1) is 0 Å². The van der Waals surface area contributed by atoms with E-state index in [1.807, 2.05) is 0 Å². The summed E-state index contributed by atoms with van der Waals surface area (Å²) >= 11 is 0. The monoisotopic (exact) mass is 359 g/mol. The van der Waals surface area contributed by atoms with Crippen LogP contribution in [0.15, 0.2) is 35.2 Å². The fourth-order valence-electron chi connectivity index (χ4n) is 4.08. The number of nitrogens with zero attached hydrogens (tertiary/aromatic N) is 1. The molecule has 0 saturated heterocycles. The summed E-state index contributed by atoms with van der Waals surface area (Å²) in [5.41, 5.74) is 6.60. The molecule has 2 aromatic rings. The number of carbonyl (C=O) groups excluding carboxylic acids is 1. The van der Waals surface area contributed by atoms with E-state index >= 15 is 0 Å². The van der Waals surface area contributed by atoms with Gasteiger partial charge < -0.3 is 10.6 Å². The number of amides is 1. The topological polar surface area (TPSA) is 92.5 Å². The average Bonchev–Trinajstić information content (AvgIpc) is 3.15. The van der Waals surface area contributed by atoms with Gasteiger partial charge in [-0.25, -0.2) is 13.1 Å². The number of nitrogens with two attached hydrogens (primary N) is 1. The maximum Gasteiger partial charge on any atom is 0.258 e. The van der Waals surface area contributed by atoms with Crippen molar-refractivity contribution >= 4 is 32.4 Å². The first-order chi connectivity index (χ1) is 11.9. The third-order valence-corrected chi connectivity index (χ3v) is 7.10. The van der Waals surface area contributed by atoms with Crippen LogP contribution in [0.25, 0.3) is 10.8 Å². The Morgan fingerprint density at radius 1 is 1.20 bits per heavy atom. The molecule has 1 fully saturated rings. The molecular weight excluding hydrogens is 338 g/mol. The molecule has 4 rings (SSSR count). The zero-order chi connectivity index (χ0) is 17.8. The molecule has 6 nitrogen and oxygen atoms in total. The third kappa shape index (κ3) is 2.38. The number of hydrogen-bond acceptors (Lipinski definition) is 4. The number of rotatable bonds is 4. The normalized spacial score (nSPS) is 19.1. The van der Waals surface area contributed by atoms with Crippen molar-refractivity contribution in [2.45, 2.75) is 36.1 Å². The van der Waals surface area contributed by atoms with E-state index in [0.717, 1.165) is 31.4 Å². The minimum atomic E-state index is -3.74. The summed E-state index contributed by atoms with van der Waals surface area (Å²) < 4.78 is 29.1. The second-order valence-corrected chi connectivity index (χ2v) is 8.62. The maximum absolute atomic E-state index is 13.1. The van der Waals surface area contributed by atoms with E-state index < -0.39 is 15.6 Å². The highest BCUT2D eigenvalue weighted by Crippen LogP contribution is 2.40. The van der Waals surface area contributed by atoms with Gasteiger partial charge in [-0.3, -0.25) is 4.79 Å². The van der Waals surface area contributed by atoms with Crippen molar-refractivity contribution in [1.82, 2.24) is 4.72 Å². The van der Waals surface area contributed by atoms with Crippen molar-refractivity contribution in [3.8, 4) is 0 Å². The summed E-state index contributed by atoms with van der Waals surface area (Å²) in [6, 6.07) is 8.51. The van der Waals surface area contributed by atoms with Crippen LogP contribution in [0.4, 0.5) is 5.69 Å². The Morgan fingerprint density at radius 2 is 1.92 bits per heavy atom. The fourth-order valence-corrected chi connectivity index (χ4v) is 5.76. The summed E-state index contributed by atoms with van der Waals surface area (Å²) in [7, 11) is -2.04. The number of nitrogens with one attached hydrogen (secondary N) is 1. The number of benzene rings is 2. The number of hydrogen-bond donors (Lipinski definition) is 2. The van der Waals surface area contributed by atoms with Crippen LogP contribution >= 0.6 is 0 Å². The Balaban J connectivity index is 1.87. The Bertz CT molecular complexity index is 978. The van der Waals surface area contributed by atoms with Crippen LogP contribution in [-0.2, 0) is 10.0 Å². The summed E-state index contributed by atoms with van der Waals surface area (Å²) in [6.45, 7) is 0.286. The van der Waals surface area contributed by atoms with Crippen LogP contribution in [0.5, 0.6) is 0 Å². The van der Waals surface area contributed by atoms with E-state index in [9.17, 15) is 13.2 Å². The molecule has 132 valence electrons. The van der Waals surface area contributed by atoms with E-state index in [1.165, 1.54) is 0 Å². The van der Waals surface area contributed by atoms with Gasteiger partial charge in [0.05, 0.1) is 10.6 Å². The lowest BCUT2D eigenvalue weighted by Crippen LogP contribution is -2.51. The highest BCUT2D eigenvalue weighted by Gasteiger charge is 2.38. The largest absolute Gasteiger partial charge is 0.329 e. The molecule has 2 aromatic carbocycles. The molecule has 1 amide bonds. The van der Waals surface area contributed by atoms with Gasteiger partial charge in [0.15, 0.2) is 0 Å². The molecule has 0 aromatic heterocycles. The Kier molecular flexibility index (Phi) is 3.64. The highest BCUT2D eigenvalue weighted by atomic mass is 32.2. The van der Waals surface area contributed by atoms with E-state index in [-0.39, 0.29) is 17.3 Å². The lowest BCUT2D eigenvalue weighted by Gasteiger charge is -2.28. The molecule has 0 bridgehead atoms. The van der Waals surface area contributed by atoms with Crippen molar-refractivity contribution in [3.63, 3.8) is 0 Å². The van der Waals surface area contributed by atoms with E-state index in [1.54, 1.807) is 42.3 Å². The van der Waals surface area contributed by atoms with E-state index in [0.29, 0.717) is 16.3 Å². The predicted molar refractivity (Wildman–Crippen MR) is 97.3 cm³/mol. The second kappa shape index (κ2) is 5.52. The van der Waals surface area contributed by atoms with Gasteiger partial charge in [0, 0.05) is 35.5 Å². The van der Waals surface area contributed by atoms with Crippen LogP contribution in [-0.4, -0.2) is 33.5 Å². The molecule has 3 N–H and O–H groups in total. The van der Waals surface area contributed by atoms with Gasteiger partial charge in [-0.1, -0.05) is 25.0 Å². The predicted octanol–water partition coefficient (Wildman–Crippen LogP) is 1.98. The Hall–Kier alpha value is -1.96. The summed E-state index contributed by atoms with van der Waals surface area (Å²) in [5.74, 6) is -0.114. The lowest BCUT2D eigenvalue weighted by molar-refractivity contribution is 0.0999. The van der Waals surface area contributed by atoms with Gasteiger partial charge >= 0.3 is 0 Å². The molecule has 1 aliphatic carbocycles. The number of anilines is 1. The first-order valence-corrected chi connectivity index (χ1v) is 9.95. The van der Waals surface area contributed by atoms with Crippen molar-refractivity contribution in [2.75, 3.05) is 18.5 Å². The summed E-state index contributed by atoms with van der Waals surface area (Å²) in [6.07, 6.45) is 3.46. The van der Waals surface area contributed by atoms with Crippen molar-refractivity contribution in [2.24, 2.45) is 5.73 Å². The van der Waals surface area contributed by atoms with Gasteiger partial charge in [0.25, 0.3) is 5.91 Å². The number of sulfonamides is 1. The van der Waals surface area contributed by atoms with Crippen LogP contribution in [0.1, 0.15) is 36.0 Å². The van der Waals surface area contributed by atoms with Crippen LogP contribution < -0.4 is 15.4 Å². The molecule has 1 aliphatic heterocycles. The minimum absolute atomic E-state index is 0.114. The highest BCUT2D eigenvalue weighted by molar-refractivity contribution is 7.89. The minimum Gasteiger partial charge on any atom is -0.329 e. The maximum atomic E-state index is 13.1. The SMILES string of the molecule is CN1C(=O)c2cccc3c(S(=O)(=O)NC4(CN)CCCC4)ccc1c23. The number of carbonyl (C=O) groups is 1. The molecule has 0 atom stereocenters. The standard InChI is InChI=1S/C18H21N3O3S/c1-21-14-7-8-15(12-5-4-6-13(16(12)14)17(21)22)25(23,24)20-18(11-19)9-2-3-10-18/h4-8,20H,2-3,9-11,19H2,1H3. The van der Waals surface area contributed by atoms with Crippen molar-refractivity contribution in [3.05, 3.63) is 35.9 Å². The van der Waals surface area contributed by atoms with Gasteiger partial charge in [-0.2, -0.15) is 0 Å². The van der Waals surface area contributed by atoms with Crippen molar-refractivity contribution < 1.29 is 13.2 Å². The molecule has 1 heterocycles. The lowest BCUT2D eigenvalue weighted by atomic mass is 10.0. The zero-order valence-corrected chi connectivity index (χ0v) is 14.9. The molecule has 2 aliphatic rings.